The van der Waals surface area contributed by atoms with Crippen LogP contribution in [-0.2, 0) is 21.4 Å². The van der Waals surface area contributed by atoms with Gasteiger partial charge in [0.1, 0.15) is 5.82 Å². The second kappa shape index (κ2) is 9.39. The number of hydrogen-bond acceptors (Lipinski definition) is 4. The fourth-order valence-electron chi connectivity index (χ4n) is 3.55. The zero-order valence-corrected chi connectivity index (χ0v) is 18.6. The SMILES string of the molecule is COC(=O)CCCc1ccc(C#Cc2cc(F)ccc2-c2ccc(C3(C#N)CC3)s2)cc1. The highest BCUT2D eigenvalue weighted by Crippen LogP contribution is 2.51. The number of methoxy groups -OCH3 is 1. The fourth-order valence-corrected chi connectivity index (χ4v) is 4.79. The molecule has 0 amide bonds. The number of ether oxygens (including phenoxy) is 1. The van der Waals surface area contributed by atoms with Crippen LogP contribution in [0.5, 0.6) is 0 Å². The lowest BCUT2D eigenvalue weighted by atomic mass is 10.0. The molecule has 0 unspecified atom stereocenters. The molecule has 0 N–H and O–H groups in total. The number of esters is 1. The van der Waals surface area contributed by atoms with Gasteiger partial charge in [-0.2, -0.15) is 5.26 Å². The Labute approximate surface area is 191 Å². The molecule has 1 aliphatic rings. The summed E-state index contributed by atoms with van der Waals surface area (Å²) in [4.78, 5) is 13.3. The average Bonchev–Trinajstić information content (AvgIpc) is 3.46. The second-order valence-corrected chi connectivity index (χ2v) is 9.01. The molecule has 1 aliphatic carbocycles. The Morgan fingerprint density at radius 3 is 2.59 bits per heavy atom. The number of benzene rings is 2. The first-order valence-corrected chi connectivity index (χ1v) is 11.3. The first kappa shape index (κ1) is 21.8. The molecule has 0 spiro atoms. The van der Waals surface area contributed by atoms with Crippen molar-refractivity contribution in [2.45, 2.75) is 37.5 Å². The number of rotatable bonds is 6. The first-order valence-electron chi connectivity index (χ1n) is 10.5. The van der Waals surface area contributed by atoms with Gasteiger partial charge >= 0.3 is 5.97 Å². The van der Waals surface area contributed by atoms with E-state index in [0.29, 0.717) is 12.0 Å². The number of nitriles is 1. The minimum absolute atomic E-state index is 0.198. The van der Waals surface area contributed by atoms with E-state index in [1.54, 1.807) is 17.4 Å². The molecular weight excluding hydrogens is 421 g/mol. The van der Waals surface area contributed by atoms with Gasteiger partial charge < -0.3 is 4.74 Å². The van der Waals surface area contributed by atoms with Crippen molar-refractivity contribution in [2.24, 2.45) is 0 Å². The van der Waals surface area contributed by atoms with Gasteiger partial charge in [-0.15, -0.1) is 11.3 Å². The molecule has 2 aromatic carbocycles. The average molecular weight is 444 g/mol. The van der Waals surface area contributed by atoms with Crippen molar-refractivity contribution in [1.29, 1.82) is 5.26 Å². The van der Waals surface area contributed by atoms with Gasteiger partial charge in [-0.1, -0.05) is 24.0 Å². The van der Waals surface area contributed by atoms with Crippen LogP contribution in [0.3, 0.4) is 0 Å². The van der Waals surface area contributed by atoms with Crippen LogP contribution in [0.25, 0.3) is 10.4 Å². The molecule has 0 saturated heterocycles. The lowest BCUT2D eigenvalue weighted by molar-refractivity contribution is -0.140. The second-order valence-electron chi connectivity index (χ2n) is 7.92. The Kier molecular flexibility index (Phi) is 6.40. The molecule has 3 nitrogen and oxygen atoms in total. The molecule has 3 aromatic rings. The standard InChI is InChI=1S/C27H22FNO2S/c1-31-26(30)4-2-3-19-5-7-20(8-6-19)9-10-21-17-22(28)11-12-23(21)24-13-14-25(32-24)27(18-29)15-16-27/h5-8,11-14,17H,2-4,15-16H2,1H3. The summed E-state index contributed by atoms with van der Waals surface area (Å²) in [5.41, 5.74) is 3.15. The predicted molar refractivity (Wildman–Crippen MR) is 124 cm³/mol. The molecule has 160 valence electrons. The third-order valence-corrected chi connectivity index (χ3v) is 6.98. The summed E-state index contributed by atoms with van der Waals surface area (Å²) in [5.74, 6) is 5.73. The minimum atomic E-state index is -0.327. The summed E-state index contributed by atoms with van der Waals surface area (Å²) >= 11 is 1.59. The van der Waals surface area contributed by atoms with Crippen LogP contribution in [0.4, 0.5) is 4.39 Å². The number of halogens is 1. The quantitative estimate of drug-likeness (QED) is 0.347. The molecule has 4 rings (SSSR count). The predicted octanol–water partition coefficient (Wildman–Crippen LogP) is 6.00. The maximum atomic E-state index is 14.0. The maximum Gasteiger partial charge on any atom is 0.305 e. The molecule has 0 aliphatic heterocycles. The van der Waals surface area contributed by atoms with Crippen molar-refractivity contribution in [3.8, 4) is 28.4 Å². The zero-order valence-electron chi connectivity index (χ0n) is 17.8. The van der Waals surface area contributed by atoms with Crippen LogP contribution < -0.4 is 0 Å². The summed E-state index contributed by atoms with van der Waals surface area (Å²) in [6.45, 7) is 0. The summed E-state index contributed by atoms with van der Waals surface area (Å²) in [6.07, 6.45) is 3.73. The molecule has 1 heterocycles. The van der Waals surface area contributed by atoms with Crippen molar-refractivity contribution in [3.63, 3.8) is 0 Å². The van der Waals surface area contributed by atoms with Gasteiger partial charge in [-0.3, -0.25) is 4.79 Å². The van der Waals surface area contributed by atoms with E-state index in [9.17, 15) is 14.4 Å². The Bertz CT molecular complexity index is 1240. The number of carbonyl (C=O) groups is 1. The Hall–Kier alpha value is -3.41. The molecule has 1 fully saturated rings. The van der Waals surface area contributed by atoms with Crippen molar-refractivity contribution >= 4 is 17.3 Å². The summed E-state index contributed by atoms with van der Waals surface area (Å²) in [7, 11) is 1.40. The maximum absolute atomic E-state index is 14.0. The monoisotopic (exact) mass is 443 g/mol. The molecule has 0 radical (unpaired) electrons. The Balaban J connectivity index is 1.52. The van der Waals surface area contributed by atoms with Gasteiger partial charge in [0.05, 0.1) is 18.6 Å². The fraction of sp³-hybridized carbons (Fsp3) is 0.259. The van der Waals surface area contributed by atoms with Crippen molar-refractivity contribution < 1.29 is 13.9 Å². The van der Waals surface area contributed by atoms with Crippen molar-refractivity contribution in [3.05, 3.63) is 82.0 Å². The molecular formula is C27H22FNO2S. The van der Waals surface area contributed by atoms with Crippen molar-refractivity contribution in [1.82, 2.24) is 0 Å². The van der Waals surface area contributed by atoms with Crippen LogP contribution >= 0.6 is 11.3 Å². The van der Waals surface area contributed by atoms with Crippen LogP contribution in [0.15, 0.2) is 54.6 Å². The number of carbonyl (C=O) groups excluding carboxylic acids is 1. The highest BCUT2D eigenvalue weighted by atomic mass is 32.1. The summed E-state index contributed by atoms with van der Waals surface area (Å²) in [5, 5.41) is 9.46. The van der Waals surface area contributed by atoms with Gasteiger partial charge in [0, 0.05) is 32.9 Å². The van der Waals surface area contributed by atoms with E-state index in [1.807, 2.05) is 36.4 Å². The van der Waals surface area contributed by atoms with Crippen molar-refractivity contribution in [2.75, 3.05) is 7.11 Å². The Morgan fingerprint density at radius 2 is 1.91 bits per heavy atom. The molecule has 1 saturated carbocycles. The smallest absolute Gasteiger partial charge is 0.305 e. The largest absolute Gasteiger partial charge is 0.469 e. The molecule has 1 aromatic heterocycles. The first-order chi connectivity index (χ1) is 15.5. The minimum Gasteiger partial charge on any atom is -0.469 e. The number of hydrogen-bond donors (Lipinski definition) is 0. The number of nitrogens with zero attached hydrogens (tertiary/aromatic N) is 1. The van der Waals surface area contributed by atoms with E-state index in [0.717, 1.165) is 52.1 Å². The highest BCUT2D eigenvalue weighted by Gasteiger charge is 2.46. The van der Waals surface area contributed by atoms with Gasteiger partial charge in [0.25, 0.3) is 0 Å². The number of thiophene rings is 1. The topological polar surface area (TPSA) is 50.1 Å². The Morgan fingerprint density at radius 1 is 1.12 bits per heavy atom. The van der Waals surface area contributed by atoms with Gasteiger partial charge in [0.2, 0.25) is 0 Å². The van der Waals surface area contributed by atoms with Gasteiger partial charge in [-0.05, 0) is 73.7 Å². The third kappa shape index (κ3) is 4.90. The van der Waals surface area contributed by atoms with Crippen LogP contribution in [0.1, 0.15) is 47.3 Å². The lowest BCUT2D eigenvalue weighted by Gasteiger charge is -2.04. The normalized spacial score (nSPS) is 13.5. The van der Waals surface area contributed by atoms with Gasteiger partial charge in [0.15, 0.2) is 0 Å². The van der Waals surface area contributed by atoms with Crippen LogP contribution in [0.2, 0.25) is 0 Å². The zero-order chi connectivity index (χ0) is 22.6. The van der Waals surface area contributed by atoms with E-state index in [1.165, 1.54) is 19.2 Å². The molecule has 32 heavy (non-hydrogen) atoms. The van der Waals surface area contributed by atoms with Crippen LogP contribution in [0, 0.1) is 29.0 Å². The van der Waals surface area contributed by atoms with E-state index in [4.69, 9.17) is 0 Å². The van der Waals surface area contributed by atoms with Gasteiger partial charge in [-0.25, -0.2) is 4.39 Å². The van der Waals surface area contributed by atoms with E-state index >= 15 is 0 Å². The molecule has 0 atom stereocenters. The summed E-state index contributed by atoms with van der Waals surface area (Å²) in [6, 6.07) is 19.0. The van der Waals surface area contributed by atoms with E-state index < -0.39 is 0 Å². The third-order valence-electron chi connectivity index (χ3n) is 5.66. The summed E-state index contributed by atoms with van der Waals surface area (Å²) < 4.78 is 18.6. The highest BCUT2D eigenvalue weighted by molar-refractivity contribution is 7.15. The lowest BCUT2D eigenvalue weighted by Crippen LogP contribution is -2.00. The molecule has 5 heteroatoms. The van der Waals surface area contributed by atoms with E-state index in [-0.39, 0.29) is 17.2 Å². The number of aryl methyl sites for hydroxylation is 1. The molecule has 0 bridgehead atoms. The van der Waals surface area contributed by atoms with E-state index in [2.05, 4.69) is 22.6 Å². The van der Waals surface area contributed by atoms with Crippen LogP contribution in [-0.4, -0.2) is 13.1 Å².